The minimum atomic E-state index is -0.305. The van der Waals surface area contributed by atoms with Crippen molar-refractivity contribution in [3.63, 3.8) is 0 Å². The third kappa shape index (κ3) is 2.34. The van der Waals surface area contributed by atoms with Crippen LogP contribution in [0.4, 0.5) is 0 Å². The molecule has 2 atom stereocenters. The lowest BCUT2D eigenvalue weighted by molar-refractivity contribution is -0.0192. The highest BCUT2D eigenvalue weighted by atomic mass is 16.7. The van der Waals surface area contributed by atoms with Gasteiger partial charge in [0.25, 0.3) is 0 Å². The number of para-hydroxylation sites is 1. The van der Waals surface area contributed by atoms with Gasteiger partial charge in [0, 0.05) is 35.5 Å². The minimum Gasteiger partial charge on any atom is -0.464 e. The van der Waals surface area contributed by atoms with Gasteiger partial charge in [-0.3, -0.25) is 4.98 Å². The molecular formula is C22H17N3O3. The fourth-order valence-electron chi connectivity index (χ4n) is 4.03. The van der Waals surface area contributed by atoms with Crippen molar-refractivity contribution in [2.75, 3.05) is 6.79 Å². The summed E-state index contributed by atoms with van der Waals surface area (Å²) >= 11 is 0. The van der Waals surface area contributed by atoms with Crippen LogP contribution in [0.2, 0.25) is 0 Å². The summed E-state index contributed by atoms with van der Waals surface area (Å²) in [6, 6.07) is 18.2. The van der Waals surface area contributed by atoms with Crippen molar-refractivity contribution < 1.29 is 14.2 Å². The van der Waals surface area contributed by atoms with Crippen LogP contribution in [0, 0.1) is 0 Å². The van der Waals surface area contributed by atoms with Crippen LogP contribution in [0.3, 0.4) is 0 Å². The molecular weight excluding hydrogens is 354 g/mol. The van der Waals surface area contributed by atoms with Crippen LogP contribution >= 0.6 is 0 Å². The smallest absolute Gasteiger partial charge is 0.231 e. The lowest BCUT2D eigenvalue weighted by atomic mass is 9.96. The number of rotatable bonds is 2. The van der Waals surface area contributed by atoms with Gasteiger partial charge in [0.1, 0.15) is 5.75 Å². The Morgan fingerprint density at radius 2 is 1.86 bits per heavy atom. The summed E-state index contributed by atoms with van der Waals surface area (Å²) in [7, 11) is 0. The van der Waals surface area contributed by atoms with E-state index >= 15 is 0 Å². The van der Waals surface area contributed by atoms with Crippen molar-refractivity contribution in [1.29, 1.82) is 0 Å². The summed E-state index contributed by atoms with van der Waals surface area (Å²) in [4.78, 5) is 4.26. The fourth-order valence-corrected chi connectivity index (χ4v) is 4.03. The van der Waals surface area contributed by atoms with Gasteiger partial charge in [0.2, 0.25) is 13.0 Å². The molecule has 0 aliphatic carbocycles. The number of nitrogens with zero attached hydrogens (tertiary/aromatic N) is 3. The number of ether oxygens (including phenoxy) is 3. The van der Waals surface area contributed by atoms with E-state index in [0.29, 0.717) is 0 Å². The lowest BCUT2D eigenvalue weighted by Gasteiger charge is -2.38. The van der Waals surface area contributed by atoms with Crippen molar-refractivity contribution in [1.82, 2.24) is 9.99 Å². The van der Waals surface area contributed by atoms with Crippen LogP contribution in [-0.4, -0.2) is 22.5 Å². The predicted molar refractivity (Wildman–Crippen MR) is 102 cm³/mol. The zero-order valence-corrected chi connectivity index (χ0v) is 15.0. The monoisotopic (exact) mass is 371 g/mol. The molecule has 3 aliphatic heterocycles. The maximum atomic E-state index is 6.32. The summed E-state index contributed by atoms with van der Waals surface area (Å²) in [6.07, 6.45) is 4.10. The first-order chi connectivity index (χ1) is 13.9. The van der Waals surface area contributed by atoms with Crippen molar-refractivity contribution >= 4 is 5.71 Å². The first kappa shape index (κ1) is 15.5. The second-order valence-electron chi connectivity index (χ2n) is 7.01. The highest BCUT2D eigenvalue weighted by Crippen LogP contribution is 2.47. The Morgan fingerprint density at radius 3 is 2.79 bits per heavy atom. The Balaban J connectivity index is 1.43. The van der Waals surface area contributed by atoms with Gasteiger partial charge in [-0.2, -0.15) is 5.10 Å². The number of hydrogen-bond acceptors (Lipinski definition) is 6. The Morgan fingerprint density at radius 1 is 0.929 bits per heavy atom. The molecule has 3 aliphatic rings. The largest absolute Gasteiger partial charge is 0.464 e. The standard InChI is InChI=1S/C22H17N3O3/c1-2-6-19-16(5-1)18-11-17(14-7-8-20-21(10-14)27-13-26-20)24-25(18)22(28-19)15-4-3-9-23-12-15/h1-10,12,18,22H,11,13H2/t18-,22+/m1/s1. The van der Waals surface area contributed by atoms with Crippen molar-refractivity contribution in [2.45, 2.75) is 18.7 Å². The molecule has 0 saturated carbocycles. The summed E-state index contributed by atoms with van der Waals surface area (Å²) in [5, 5.41) is 7.02. The topological polar surface area (TPSA) is 56.2 Å². The molecule has 0 N–H and O–H groups in total. The number of aromatic nitrogens is 1. The van der Waals surface area contributed by atoms with Crippen molar-refractivity contribution in [3.8, 4) is 17.2 Å². The molecule has 4 heterocycles. The van der Waals surface area contributed by atoms with Crippen LogP contribution in [0.15, 0.2) is 72.1 Å². The zero-order chi connectivity index (χ0) is 18.5. The molecule has 0 bridgehead atoms. The van der Waals surface area contributed by atoms with Gasteiger partial charge in [-0.15, -0.1) is 0 Å². The Hall–Kier alpha value is -3.54. The second kappa shape index (κ2) is 5.99. The molecule has 6 heteroatoms. The fraction of sp³-hybridized carbons (Fsp3) is 0.182. The average molecular weight is 371 g/mol. The van der Waals surface area contributed by atoms with E-state index in [4.69, 9.17) is 19.3 Å². The number of hydrazone groups is 1. The van der Waals surface area contributed by atoms with Gasteiger partial charge in [-0.05, 0) is 30.3 Å². The zero-order valence-electron chi connectivity index (χ0n) is 15.0. The van der Waals surface area contributed by atoms with E-state index < -0.39 is 0 Å². The molecule has 28 heavy (non-hydrogen) atoms. The van der Waals surface area contributed by atoms with Crippen LogP contribution in [0.1, 0.15) is 35.4 Å². The Labute approximate surface area is 162 Å². The number of fused-ring (bicyclic) bond motifs is 4. The maximum Gasteiger partial charge on any atom is 0.231 e. The summed E-state index contributed by atoms with van der Waals surface area (Å²) in [5.41, 5.74) is 4.19. The van der Waals surface area contributed by atoms with Crippen LogP contribution < -0.4 is 14.2 Å². The molecule has 2 aromatic carbocycles. The summed E-state index contributed by atoms with van der Waals surface area (Å²) in [6.45, 7) is 0.268. The summed E-state index contributed by atoms with van der Waals surface area (Å²) in [5.74, 6) is 2.45. The van der Waals surface area contributed by atoms with E-state index in [1.54, 1.807) is 6.20 Å². The third-order valence-corrected chi connectivity index (χ3v) is 5.37. The molecule has 1 aromatic heterocycles. The van der Waals surface area contributed by atoms with Crippen molar-refractivity contribution in [2.24, 2.45) is 5.10 Å². The normalized spacial score (nSPS) is 21.6. The van der Waals surface area contributed by atoms with Gasteiger partial charge in [0.05, 0.1) is 11.8 Å². The van der Waals surface area contributed by atoms with E-state index in [0.717, 1.165) is 46.1 Å². The first-order valence-corrected chi connectivity index (χ1v) is 9.28. The number of hydrogen-bond donors (Lipinski definition) is 0. The number of pyridine rings is 1. The maximum absolute atomic E-state index is 6.32. The van der Waals surface area contributed by atoms with Gasteiger partial charge in [0.15, 0.2) is 11.5 Å². The molecule has 0 spiro atoms. The van der Waals surface area contributed by atoms with Crippen LogP contribution in [-0.2, 0) is 0 Å². The molecule has 0 amide bonds. The second-order valence-corrected chi connectivity index (χ2v) is 7.01. The highest BCUT2D eigenvalue weighted by Gasteiger charge is 2.41. The average Bonchev–Trinajstić information content (AvgIpc) is 3.40. The first-order valence-electron chi connectivity index (χ1n) is 9.28. The molecule has 0 radical (unpaired) electrons. The molecule has 0 unspecified atom stereocenters. The van der Waals surface area contributed by atoms with Crippen LogP contribution in [0.5, 0.6) is 17.2 Å². The molecule has 6 rings (SSSR count). The SMILES string of the molecule is c1cncc([C@@H]2Oc3ccccc3[C@H]3CC(c4ccc5c(c4)OCO5)=NN32)c1. The molecule has 3 aromatic rings. The van der Waals surface area contributed by atoms with E-state index in [9.17, 15) is 0 Å². The van der Waals surface area contributed by atoms with E-state index in [-0.39, 0.29) is 19.1 Å². The van der Waals surface area contributed by atoms with Gasteiger partial charge in [-0.1, -0.05) is 24.3 Å². The minimum absolute atomic E-state index is 0.121. The van der Waals surface area contributed by atoms with E-state index in [1.807, 2.05) is 54.7 Å². The predicted octanol–water partition coefficient (Wildman–Crippen LogP) is 4.05. The summed E-state index contributed by atoms with van der Waals surface area (Å²) < 4.78 is 17.3. The molecule has 0 fully saturated rings. The van der Waals surface area contributed by atoms with Crippen LogP contribution in [0.25, 0.3) is 0 Å². The number of benzene rings is 2. The van der Waals surface area contributed by atoms with E-state index in [2.05, 4.69) is 16.1 Å². The quantitative estimate of drug-likeness (QED) is 0.680. The molecule has 138 valence electrons. The Bertz CT molecular complexity index is 1080. The van der Waals surface area contributed by atoms with E-state index in [1.165, 1.54) is 0 Å². The highest BCUT2D eigenvalue weighted by molar-refractivity contribution is 6.02. The molecule has 6 nitrogen and oxygen atoms in total. The van der Waals surface area contributed by atoms with Crippen molar-refractivity contribution in [3.05, 3.63) is 83.7 Å². The van der Waals surface area contributed by atoms with Gasteiger partial charge >= 0.3 is 0 Å². The Kier molecular flexibility index (Phi) is 3.32. The lowest BCUT2D eigenvalue weighted by Crippen LogP contribution is -2.33. The third-order valence-electron chi connectivity index (χ3n) is 5.37. The van der Waals surface area contributed by atoms with Gasteiger partial charge < -0.3 is 14.2 Å². The van der Waals surface area contributed by atoms with Gasteiger partial charge in [-0.25, -0.2) is 5.01 Å². The molecule has 0 saturated heterocycles.